The minimum absolute atomic E-state index is 0.387. The Kier molecular flexibility index (Phi) is 3.31. The van der Waals surface area contributed by atoms with E-state index in [2.05, 4.69) is 27.6 Å². The van der Waals surface area contributed by atoms with Gasteiger partial charge < -0.3 is 9.67 Å². The maximum Gasteiger partial charge on any atom is 0.314 e. The molecule has 1 saturated heterocycles. The van der Waals surface area contributed by atoms with Gasteiger partial charge in [0.1, 0.15) is 11.7 Å². The molecule has 2 aliphatic rings. The van der Waals surface area contributed by atoms with Gasteiger partial charge in [-0.05, 0) is 38.8 Å². The molecule has 1 aromatic rings. The minimum atomic E-state index is -0.739. The molecule has 1 fully saturated rings. The van der Waals surface area contributed by atoms with Crippen LogP contribution >= 0.6 is 0 Å². The highest BCUT2D eigenvalue weighted by Crippen LogP contribution is 2.34. The first-order valence-corrected chi connectivity index (χ1v) is 7.24. The summed E-state index contributed by atoms with van der Waals surface area (Å²) in [7, 11) is 0. The fourth-order valence-electron chi connectivity index (χ4n) is 3.44. The minimum Gasteiger partial charge on any atom is -0.481 e. The third kappa shape index (κ3) is 2.16. The van der Waals surface area contributed by atoms with Crippen LogP contribution < -0.4 is 0 Å². The van der Waals surface area contributed by atoms with E-state index in [-0.39, 0.29) is 0 Å². The third-order valence-electron chi connectivity index (χ3n) is 4.44. The molecule has 19 heavy (non-hydrogen) atoms. The van der Waals surface area contributed by atoms with E-state index >= 15 is 0 Å². The summed E-state index contributed by atoms with van der Waals surface area (Å²) in [6.45, 7) is 5.25. The number of aliphatic carboxylic acids is 1. The van der Waals surface area contributed by atoms with Crippen LogP contribution in [0, 0.1) is 0 Å². The summed E-state index contributed by atoms with van der Waals surface area (Å²) in [5.74, 6) is -0.396. The number of hydrogen-bond donors (Lipinski definition) is 1. The molecule has 1 N–H and O–H groups in total. The Labute approximate surface area is 113 Å². The number of rotatable bonds is 3. The number of nitrogens with zero attached hydrogens (tertiary/aromatic N) is 3. The van der Waals surface area contributed by atoms with Gasteiger partial charge in [-0.2, -0.15) is 0 Å². The molecule has 5 nitrogen and oxygen atoms in total. The van der Waals surface area contributed by atoms with Crippen LogP contribution in [0.3, 0.4) is 0 Å². The second-order valence-corrected chi connectivity index (χ2v) is 5.54. The van der Waals surface area contributed by atoms with Crippen LogP contribution in [0.5, 0.6) is 0 Å². The number of carboxylic acid groups (broad SMARTS) is 1. The average molecular weight is 263 g/mol. The summed E-state index contributed by atoms with van der Waals surface area (Å²) in [6, 6.07) is 0.387. The highest BCUT2D eigenvalue weighted by Gasteiger charge is 2.32. The number of likely N-dealkylation sites (tertiary alicyclic amines) is 1. The predicted molar refractivity (Wildman–Crippen MR) is 71.1 cm³/mol. The SMILES string of the molecule is CCN1CCCC1c1cn2c(n1)C(C(=O)O)CCC2. The molecule has 0 saturated carbocycles. The van der Waals surface area contributed by atoms with Gasteiger partial charge in [-0.15, -0.1) is 0 Å². The molecule has 2 aliphatic heterocycles. The van der Waals surface area contributed by atoms with Crippen LogP contribution in [0.1, 0.15) is 56.1 Å². The topological polar surface area (TPSA) is 58.4 Å². The lowest BCUT2D eigenvalue weighted by atomic mass is 9.99. The summed E-state index contributed by atoms with van der Waals surface area (Å²) < 4.78 is 2.06. The molecule has 0 bridgehead atoms. The van der Waals surface area contributed by atoms with E-state index < -0.39 is 11.9 Å². The molecule has 1 aromatic heterocycles. The monoisotopic (exact) mass is 263 g/mol. The number of carboxylic acids is 1. The van der Waals surface area contributed by atoms with Crippen molar-refractivity contribution in [1.82, 2.24) is 14.5 Å². The second kappa shape index (κ2) is 4.96. The quantitative estimate of drug-likeness (QED) is 0.906. The lowest BCUT2D eigenvalue weighted by molar-refractivity contribution is -0.139. The van der Waals surface area contributed by atoms with E-state index in [0.717, 1.165) is 44.0 Å². The summed E-state index contributed by atoms with van der Waals surface area (Å²) in [5.41, 5.74) is 1.07. The Hall–Kier alpha value is -1.36. The van der Waals surface area contributed by atoms with Crippen molar-refractivity contribution in [3.05, 3.63) is 17.7 Å². The van der Waals surface area contributed by atoms with E-state index in [9.17, 15) is 9.90 Å². The summed E-state index contributed by atoms with van der Waals surface area (Å²) in [6.07, 6.45) is 6.09. The zero-order valence-corrected chi connectivity index (χ0v) is 11.4. The zero-order valence-electron chi connectivity index (χ0n) is 11.4. The standard InChI is InChI=1S/C14H21N3O2/c1-2-16-7-4-6-12(16)11-9-17-8-3-5-10(14(18)19)13(17)15-11/h9-10,12H,2-8H2,1H3,(H,18,19). The lowest BCUT2D eigenvalue weighted by Crippen LogP contribution is -2.23. The van der Waals surface area contributed by atoms with Crippen LogP contribution in [-0.2, 0) is 11.3 Å². The maximum atomic E-state index is 11.3. The Morgan fingerprint density at radius 2 is 2.21 bits per heavy atom. The van der Waals surface area contributed by atoms with Crippen molar-refractivity contribution in [2.75, 3.05) is 13.1 Å². The highest BCUT2D eigenvalue weighted by atomic mass is 16.4. The molecule has 3 heterocycles. The van der Waals surface area contributed by atoms with E-state index in [0.29, 0.717) is 12.5 Å². The van der Waals surface area contributed by atoms with Crippen molar-refractivity contribution in [2.24, 2.45) is 0 Å². The molecule has 0 spiro atoms. The van der Waals surface area contributed by atoms with Gasteiger partial charge in [-0.3, -0.25) is 9.69 Å². The highest BCUT2D eigenvalue weighted by molar-refractivity contribution is 5.75. The average Bonchev–Trinajstić information content (AvgIpc) is 3.03. The van der Waals surface area contributed by atoms with E-state index in [4.69, 9.17) is 0 Å². The molecule has 0 aliphatic carbocycles. The summed E-state index contributed by atoms with van der Waals surface area (Å²) >= 11 is 0. The molecular formula is C14H21N3O2. The number of carbonyl (C=O) groups is 1. The fraction of sp³-hybridized carbons (Fsp3) is 0.714. The predicted octanol–water partition coefficient (Wildman–Crippen LogP) is 2.00. The second-order valence-electron chi connectivity index (χ2n) is 5.54. The molecule has 0 amide bonds. The van der Waals surface area contributed by atoms with Gasteiger partial charge in [-0.1, -0.05) is 6.92 Å². The summed E-state index contributed by atoms with van der Waals surface area (Å²) in [5, 5.41) is 9.29. The van der Waals surface area contributed by atoms with E-state index in [1.807, 2.05) is 0 Å². The first kappa shape index (κ1) is 12.7. The van der Waals surface area contributed by atoms with Crippen molar-refractivity contribution < 1.29 is 9.90 Å². The van der Waals surface area contributed by atoms with Crippen molar-refractivity contribution in [2.45, 2.75) is 51.1 Å². The van der Waals surface area contributed by atoms with Crippen LogP contribution in [0.25, 0.3) is 0 Å². The molecule has 2 atom stereocenters. The van der Waals surface area contributed by atoms with Crippen molar-refractivity contribution in [3.8, 4) is 0 Å². The third-order valence-corrected chi connectivity index (χ3v) is 4.44. The zero-order chi connectivity index (χ0) is 13.4. The summed E-state index contributed by atoms with van der Waals surface area (Å²) in [4.78, 5) is 18.4. The van der Waals surface area contributed by atoms with Crippen molar-refractivity contribution in [3.63, 3.8) is 0 Å². The molecule has 104 valence electrons. The molecule has 5 heteroatoms. The first-order chi connectivity index (χ1) is 9.20. The Morgan fingerprint density at radius 3 is 2.95 bits per heavy atom. The van der Waals surface area contributed by atoms with Gasteiger partial charge in [0.05, 0.1) is 11.7 Å². The number of hydrogen-bond acceptors (Lipinski definition) is 3. The molecule has 3 rings (SSSR count). The van der Waals surface area contributed by atoms with Gasteiger partial charge in [0, 0.05) is 12.7 Å². The van der Waals surface area contributed by atoms with Crippen molar-refractivity contribution >= 4 is 5.97 Å². The van der Waals surface area contributed by atoms with Crippen LogP contribution in [-0.4, -0.2) is 38.6 Å². The van der Waals surface area contributed by atoms with Crippen LogP contribution in [0.2, 0.25) is 0 Å². The smallest absolute Gasteiger partial charge is 0.314 e. The molecule has 0 aromatic carbocycles. The Morgan fingerprint density at radius 1 is 1.42 bits per heavy atom. The number of fused-ring (bicyclic) bond motifs is 1. The van der Waals surface area contributed by atoms with E-state index in [1.54, 1.807) is 0 Å². The molecule has 0 radical (unpaired) electrons. The van der Waals surface area contributed by atoms with Gasteiger partial charge >= 0.3 is 5.97 Å². The van der Waals surface area contributed by atoms with Gasteiger partial charge in [-0.25, -0.2) is 4.98 Å². The molecule has 2 unspecified atom stereocenters. The molecular weight excluding hydrogens is 242 g/mol. The van der Waals surface area contributed by atoms with Crippen molar-refractivity contribution in [1.29, 1.82) is 0 Å². The van der Waals surface area contributed by atoms with Crippen LogP contribution in [0.15, 0.2) is 6.20 Å². The fourth-order valence-corrected chi connectivity index (χ4v) is 3.44. The van der Waals surface area contributed by atoms with Gasteiger partial charge in [0.25, 0.3) is 0 Å². The number of aryl methyl sites for hydroxylation is 1. The first-order valence-electron chi connectivity index (χ1n) is 7.24. The Balaban J connectivity index is 1.91. The maximum absolute atomic E-state index is 11.3. The number of aromatic nitrogens is 2. The van der Waals surface area contributed by atoms with Crippen LogP contribution in [0.4, 0.5) is 0 Å². The number of imidazole rings is 1. The van der Waals surface area contributed by atoms with Gasteiger partial charge in [0.2, 0.25) is 0 Å². The lowest BCUT2D eigenvalue weighted by Gasteiger charge is -2.20. The van der Waals surface area contributed by atoms with E-state index in [1.165, 1.54) is 6.42 Å². The van der Waals surface area contributed by atoms with Gasteiger partial charge in [0.15, 0.2) is 0 Å². The normalized spacial score (nSPS) is 27.4. The Bertz CT molecular complexity index is 483. The largest absolute Gasteiger partial charge is 0.481 e.